The Morgan fingerprint density at radius 1 is 0.909 bits per heavy atom. The molecule has 1 heterocycles. The number of nitrogens with zero attached hydrogens (tertiary/aromatic N) is 2. The summed E-state index contributed by atoms with van der Waals surface area (Å²) in [6.45, 7) is 8.64. The molecule has 0 radical (unpaired) electrons. The number of anilines is 1. The highest BCUT2D eigenvalue weighted by Gasteiger charge is 2.18. The van der Waals surface area contributed by atoms with Crippen molar-refractivity contribution in [3.8, 4) is 28.1 Å². The number of aromatic nitrogens is 2. The molecule has 1 atom stereocenters. The van der Waals surface area contributed by atoms with Gasteiger partial charge in [0.05, 0.1) is 10.7 Å². The molecule has 2 N–H and O–H groups in total. The van der Waals surface area contributed by atoms with Gasteiger partial charge in [0.1, 0.15) is 11.9 Å². The zero-order valence-corrected chi connectivity index (χ0v) is 27.0. The van der Waals surface area contributed by atoms with E-state index in [0.29, 0.717) is 22.9 Å². The van der Waals surface area contributed by atoms with Crippen molar-refractivity contribution in [2.24, 2.45) is 0 Å². The molecule has 44 heavy (non-hydrogen) atoms. The fraction of sp³-hybridized carbons (Fsp3) is 0.243. The Labute approximate surface area is 269 Å². The Balaban J connectivity index is 1.44. The number of carboxylic acids is 1. The lowest BCUT2D eigenvalue weighted by molar-refractivity contribution is -0.138. The van der Waals surface area contributed by atoms with Crippen LogP contribution in [0.15, 0.2) is 97.2 Å². The van der Waals surface area contributed by atoms with Crippen molar-refractivity contribution in [2.75, 3.05) is 5.32 Å². The zero-order chi connectivity index (χ0) is 31.4. The lowest BCUT2D eigenvalue weighted by Gasteiger charge is -2.19. The van der Waals surface area contributed by atoms with Crippen molar-refractivity contribution >= 4 is 34.9 Å². The maximum Gasteiger partial charge on any atom is 0.326 e. The number of carboxylic acid groups (broad SMARTS) is 1. The van der Waals surface area contributed by atoms with Gasteiger partial charge >= 0.3 is 5.97 Å². The molecule has 0 aliphatic carbocycles. The van der Waals surface area contributed by atoms with Crippen molar-refractivity contribution in [2.45, 2.75) is 58.4 Å². The molecule has 0 aliphatic heterocycles. The van der Waals surface area contributed by atoms with E-state index in [1.54, 1.807) is 6.07 Å². The Morgan fingerprint density at radius 3 is 2.11 bits per heavy atom. The van der Waals surface area contributed by atoms with E-state index < -0.39 is 12.0 Å². The van der Waals surface area contributed by atoms with Gasteiger partial charge in [-0.05, 0) is 76.6 Å². The van der Waals surface area contributed by atoms with E-state index in [0.717, 1.165) is 46.0 Å². The summed E-state index contributed by atoms with van der Waals surface area (Å²) in [5.74, 6) is -0.00588. The van der Waals surface area contributed by atoms with Gasteiger partial charge in [-0.2, -0.15) is 0 Å². The van der Waals surface area contributed by atoms with Crippen LogP contribution < -0.4 is 5.32 Å². The molecule has 0 spiro atoms. The minimum absolute atomic E-state index is 0.117. The molecular formula is C37H37Cl2N3O2. The third-order valence-corrected chi connectivity index (χ3v) is 8.30. The third kappa shape index (κ3) is 7.35. The second kappa shape index (κ2) is 13.3. The molecule has 4 aromatic carbocycles. The molecule has 0 fully saturated rings. The molecule has 7 heteroatoms. The molecule has 0 saturated heterocycles. The summed E-state index contributed by atoms with van der Waals surface area (Å²) in [6, 6.07) is 29.9. The summed E-state index contributed by atoms with van der Waals surface area (Å²) in [4.78, 5) is 16.7. The molecule has 0 amide bonds. The molecule has 1 aromatic heterocycles. The lowest BCUT2D eigenvalue weighted by Crippen LogP contribution is -2.28. The molecule has 226 valence electrons. The number of carbonyl (C=O) groups is 1. The van der Waals surface area contributed by atoms with E-state index in [1.807, 2.05) is 49.5 Å². The highest BCUT2D eigenvalue weighted by atomic mass is 35.5. The predicted octanol–water partition coefficient (Wildman–Crippen LogP) is 10.1. The molecule has 0 saturated carbocycles. The number of halogens is 2. The average Bonchev–Trinajstić information content (AvgIpc) is 3.40. The molecule has 0 aliphatic rings. The van der Waals surface area contributed by atoms with Crippen molar-refractivity contribution in [3.63, 3.8) is 0 Å². The van der Waals surface area contributed by atoms with E-state index in [4.69, 9.17) is 28.2 Å². The quantitative estimate of drug-likeness (QED) is 0.162. The lowest BCUT2D eigenvalue weighted by atomic mass is 9.86. The Bertz CT molecular complexity index is 1740. The van der Waals surface area contributed by atoms with E-state index in [1.165, 1.54) is 11.1 Å². The molecule has 0 bridgehead atoms. The Morgan fingerprint density at radius 2 is 1.55 bits per heavy atom. The topological polar surface area (TPSA) is 67.2 Å². The van der Waals surface area contributed by atoms with Crippen LogP contribution in [0.4, 0.5) is 5.69 Å². The molecule has 5 nitrogen and oxygen atoms in total. The summed E-state index contributed by atoms with van der Waals surface area (Å²) in [5.41, 5.74) is 8.11. The number of hydrogen-bond donors (Lipinski definition) is 2. The summed E-state index contributed by atoms with van der Waals surface area (Å²) < 4.78 is 2.06. The highest BCUT2D eigenvalue weighted by Crippen LogP contribution is 2.32. The summed E-state index contributed by atoms with van der Waals surface area (Å²) in [5, 5.41) is 13.8. The van der Waals surface area contributed by atoms with Gasteiger partial charge in [0.2, 0.25) is 0 Å². The fourth-order valence-electron chi connectivity index (χ4n) is 5.22. The van der Waals surface area contributed by atoms with Gasteiger partial charge in [0, 0.05) is 34.6 Å². The zero-order valence-electron chi connectivity index (χ0n) is 25.4. The monoisotopic (exact) mass is 625 g/mol. The smallest absolute Gasteiger partial charge is 0.326 e. The third-order valence-electron chi connectivity index (χ3n) is 7.75. The van der Waals surface area contributed by atoms with Crippen LogP contribution in [0.2, 0.25) is 10.0 Å². The van der Waals surface area contributed by atoms with E-state index in [-0.39, 0.29) is 5.41 Å². The minimum atomic E-state index is -0.856. The second-order valence-corrected chi connectivity index (χ2v) is 13.0. The van der Waals surface area contributed by atoms with Crippen LogP contribution in [-0.2, 0) is 16.6 Å². The maximum absolute atomic E-state index is 11.6. The maximum atomic E-state index is 11.6. The van der Waals surface area contributed by atoms with E-state index in [2.05, 4.69) is 79.2 Å². The van der Waals surface area contributed by atoms with Crippen molar-refractivity contribution in [1.82, 2.24) is 9.55 Å². The fourth-order valence-corrected chi connectivity index (χ4v) is 5.72. The predicted molar refractivity (Wildman–Crippen MR) is 182 cm³/mol. The van der Waals surface area contributed by atoms with Crippen molar-refractivity contribution in [1.29, 1.82) is 0 Å². The number of hydrogen-bond acceptors (Lipinski definition) is 3. The molecular weight excluding hydrogens is 589 g/mol. The van der Waals surface area contributed by atoms with Gasteiger partial charge < -0.3 is 15.0 Å². The Hall–Kier alpha value is -4.06. The van der Waals surface area contributed by atoms with Gasteiger partial charge in [0.15, 0.2) is 0 Å². The SMILES string of the molecule is CCCC(Nc1ccc(-n2cc(-c3ccc(Cl)cc3Cl)nc2Cc2ccc(-c3ccc(C(C)(C)C)cc3)cc2)cc1)C(=O)O. The van der Waals surface area contributed by atoms with Crippen LogP contribution >= 0.6 is 23.2 Å². The number of imidazole rings is 1. The van der Waals surface area contributed by atoms with Crippen LogP contribution in [0.5, 0.6) is 0 Å². The highest BCUT2D eigenvalue weighted by molar-refractivity contribution is 6.36. The number of rotatable bonds is 10. The van der Waals surface area contributed by atoms with Crippen LogP contribution in [0.3, 0.4) is 0 Å². The largest absolute Gasteiger partial charge is 0.480 e. The van der Waals surface area contributed by atoms with Crippen LogP contribution in [0, 0.1) is 0 Å². The summed E-state index contributed by atoms with van der Waals surface area (Å²) in [7, 11) is 0. The van der Waals surface area contributed by atoms with Gasteiger partial charge in [-0.15, -0.1) is 0 Å². The van der Waals surface area contributed by atoms with Gasteiger partial charge in [-0.1, -0.05) is 106 Å². The molecule has 1 unspecified atom stereocenters. The average molecular weight is 627 g/mol. The first-order valence-electron chi connectivity index (χ1n) is 14.8. The first-order valence-corrected chi connectivity index (χ1v) is 15.6. The molecule has 5 rings (SSSR count). The van der Waals surface area contributed by atoms with Gasteiger partial charge in [0.25, 0.3) is 0 Å². The number of benzene rings is 4. The van der Waals surface area contributed by atoms with Crippen molar-refractivity contribution < 1.29 is 9.90 Å². The van der Waals surface area contributed by atoms with E-state index in [9.17, 15) is 9.90 Å². The summed E-state index contributed by atoms with van der Waals surface area (Å²) in [6.07, 6.45) is 3.91. The minimum Gasteiger partial charge on any atom is -0.480 e. The normalized spacial score (nSPS) is 12.2. The first-order chi connectivity index (χ1) is 21.0. The standard InChI is InChI=1S/C37H37Cl2N3O2/c1-5-6-33(36(43)44)40-29-16-18-30(19-17-29)42-23-34(31-20-15-28(38)22-32(31)39)41-35(42)21-24-7-9-25(10-8-24)26-11-13-27(14-12-26)37(2,3)4/h7-20,22-23,33,40H,5-6,21H2,1-4H3,(H,43,44). The molecule has 5 aromatic rings. The van der Waals surface area contributed by atoms with Crippen LogP contribution in [0.1, 0.15) is 57.5 Å². The second-order valence-electron chi connectivity index (χ2n) is 12.1. The van der Waals surface area contributed by atoms with Crippen molar-refractivity contribution in [3.05, 3.63) is 124 Å². The number of nitrogens with one attached hydrogen (secondary N) is 1. The first kappa shape index (κ1) is 31.4. The van der Waals surface area contributed by atoms with Gasteiger partial charge in [-0.25, -0.2) is 9.78 Å². The number of aliphatic carboxylic acids is 1. The van der Waals surface area contributed by atoms with Crippen LogP contribution in [-0.4, -0.2) is 26.7 Å². The van der Waals surface area contributed by atoms with Gasteiger partial charge in [-0.3, -0.25) is 0 Å². The Kier molecular flexibility index (Phi) is 9.48. The van der Waals surface area contributed by atoms with E-state index >= 15 is 0 Å². The van der Waals surface area contributed by atoms with Crippen LogP contribution in [0.25, 0.3) is 28.1 Å². The summed E-state index contributed by atoms with van der Waals surface area (Å²) >= 11 is 12.7.